The fourth-order valence-corrected chi connectivity index (χ4v) is 5.16. The molecule has 4 nitrogen and oxygen atoms in total. The van der Waals surface area contributed by atoms with Gasteiger partial charge in [-0.05, 0) is 72.2 Å². The van der Waals surface area contributed by atoms with Crippen LogP contribution >= 0.6 is 11.6 Å². The van der Waals surface area contributed by atoms with E-state index < -0.39 is 0 Å². The molecule has 170 valence electrons. The third-order valence-corrected chi connectivity index (χ3v) is 7.65. The second-order valence-corrected chi connectivity index (χ2v) is 10.0. The van der Waals surface area contributed by atoms with Crippen molar-refractivity contribution in [1.82, 2.24) is 4.90 Å². The number of nitrogens with two attached hydrogens (primary N) is 1. The molecule has 0 spiro atoms. The van der Waals surface area contributed by atoms with E-state index in [2.05, 4.69) is 35.8 Å². The maximum absolute atomic E-state index is 11.3. The summed E-state index contributed by atoms with van der Waals surface area (Å²) >= 11 is 6.15. The van der Waals surface area contributed by atoms with Gasteiger partial charge in [0.25, 0.3) is 0 Å². The highest BCUT2D eigenvalue weighted by molar-refractivity contribution is 6.30. The van der Waals surface area contributed by atoms with Gasteiger partial charge in [-0.1, -0.05) is 49.6 Å². The number of rotatable bonds is 6. The molecule has 0 bridgehead atoms. The quantitative estimate of drug-likeness (QED) is 0.620. The van der Waals surface area contributed by atoms with E-state index in [1.54, 1.807) is 5.57 Å². The maximum Gasteiger partial charge on any atom is 0.248 e. The largest absolute Gasteiger partial charge is 0.369 e. The van der Waals surface area contributed by atoms with Crippen molar-refractivity contribution in [3.05, 3.63) is 70.3 Å². The van der Waals surface area contributed by atoms with Crippen LogP contribution in [0.2, 0.25) is 5.02 Å². The summed E-state index contributed by atoms with van der Waals surface area (Å²) in [6.07, 6.45) is 4.79. The van der Waals surface area contributed by atoms with Crippen LogP contribution in [0.1, 0.15) is 55.5 Å². The van der Waals surface area contributed by atoms with Crippen LogP contribution in [-0.4, -0.2) is 43.5 Å². The zero-order valence-electron chi connectivity index (χ0n) is 19.2. The number of primary amides is 1. The normalized spacial score (nSPS) is 22.3. The van der Waals surface area contributed by atoms with Crippen LogP contribution in [-0.2, 0) is 0 Å². The van der Waals surface area contributed by atoms with Crippen LogP contribution in [0.25, 0.3) is 5.57 Å². The molecule has 1 aliphatic heterocycles. The first-order valence-corrected chi connectivity index (χ1v) is 12.1. The second-order valence-electron chi connectivity index (χ2n) is 9.60. The molecule has 2 aromatic carbocycles. The minimum Gasteiger partial charge on any atom is -0.369 e. The van der Waals surface area contributed by atoms with E-state index in [-0.39, 0.29) is 5.91 Å². The summed E-state index contributed by atoms with van der Waals surface area (Å²) in [4.78, 5) is 16.3. The van der Waals surface area contributed by atoms with E-state index in [9.17, 15) is 4.79 Å². The first kappa shape index (κ1) is 22.9. The van der Waals surface area contributed by atoms with Crippen LogP contribution in [0, 0.1) is 5.41 Å². The predicted molar refractivity (Wildman–Crippen MR) is 134 cm³/mol. The molecule has 1 fully saturated rings. The minimum atomic E-state index is -0.377. The highest BCUT2D eigenvalue weighted by atomic mass is 35.5. The molecule has 0 saturated carbocycles. The Morgan fingerprint density at radius 3 is 2.28 bits per heavy atom. The van der Waals surface area contributed by atoms with Crippen molar-refractivity contribution in [2.24, 2.45) is 11.1 Å². The van der Waals surface area contributed by atoms with Crippen LogP contribution in [0.4, 0.5) is 5.69 Å². The molecule has 32 heavy (non-hydrogen) atoms. The van der Waals surface area contributed by atoms with Crippen molar-refractivity contribution < 1.29 is 4.79 Å². The van der Waals surface area contributed by atoms with E-state index in [1.165, 1.54) is 30.4 Å². The molecule has 2 aliphatic rings. The van der Waals surface area contributed by atoms with E-state index >= 15 is 0 Å². The number of allylic oxidation sites excluding steroid dienone is 1. The summed E-state index contributed by atoms with van der Waals surface area (Å²) in [6.45, 7) is 9.87. The van der Waals surface area contributed by atoms with Crippen molar-refractivity contribution in [2.75, 3.05) is 37.6 Å². The van der Waals surface area contributed by atoms with Gasteiger partial charge in [0.1, 0.15) is 0 Å². The minimum absolute atomic E-state index is 0.377. The zero-order valence-corrected chi connectivity index (χ0v) is 20.0. The molecule has 1 aliphatic carbocycles. The van der Waals surface area contributed by atoms with E-state index in [4.69, 9.17) is 17.3 Å². The van der Waals surface area contributed by atoms with Gasteiger partial charge in [0, 0.05) is 49.0 Å². The molecule has 4 rings (SSSR count). The second kappa shape index (κ2) is 9.68. The number of piperazine rings is 1. The van der Waals surface area contributed by atoms with Gasteiger partial charge in [-0.2, -0.15) is 0 Å². The van der Waals surface area contributed by atoms with E-state index in [0.717, 1.165) is 49.9 Å². The van der Waals surface area contributed by atoms with Crippen molar-refractivity contribution in [2.45, 2.75) is 39.5 Å². The Labute approximate surface area is 197 Å². The number of anilines is 1. The van der Waals surface area contributed by atoms with Crippen molar-refractivity contribution in [1.29, 1.82) is 0 Å². The van der Waals surface area contributed by atoms with Crippen LogP contribution in [0.5, 0.6) is 0 Å². The number of halogens is 1. The molecule has 1 heterocycles. The van der Waals surface area contributed by atoms with Crippen LogP contribution < -0.4 is 10.6 Å². The summed E-state index contributed by atoms with van der Waals surface area (Å²) in [5.41, 5.74) is 11.9. The predicted octanol–water partition coefficient (Wildman–Crippen LogP) is 5.61. The van der Waals surface area contributed by atoms with Gasteiger partial charge >= 0.3 is 0 Å². The summed E-state index contributed by atoms with van der Waals surface area (Å²) in [6, 6.07) is 16.0. The number of hydrogen-bond donors (Lipinski definition) is 1. The van der Waals surface area contributed by atoms with Gasteiger partial charge < -0.3 is 10.6 Å². The van der Waals surface area contributed by atoms with Gasteiger partial charge in [-0.3, -0.25) is 9.69 Å². The smallest absolute Gasteiger partial charge is 0.248 e. The fraction of sp³-hybridized carbons (Fsp3) is 0.444. The Bertz CT molecular complexity index is 975. The lowest BCUT2D eigenvalue weighted by Crippen LogP contribution is -2.47. The summed E-state index contributed by atoms with van der Waals surface area (Å²) in [5, 5.41) is 0.796. The van der Waals surface area contributed by atoms with Gasteiger partial charge in [0.05, 0.1) is 0 Å². The molecule has 1 saturated heterocycles. The SMILES string of the molecule is CCC1(C)CCC(c2ccc(Cl)cc2)=C(CN2CCN(c3ccc(C(N)=O)cc3)CC2)C1. The summed E-state index contributed by atoms with van der Waals surface area (Å²) < 4.78 is 0. The molecule has 0 radical (unpaired) electrons. The lowest BCUT2D eigenvalue weighted by Gasteiger charge is -2.40. The monoisotopic (exact) mass is 451 g/mol. The average Bonchev–Trinajstić information content (AvgIpc) is 2.81. The van der Waals surface area contributed by atoms with Gasteiger partial charge in [-0.15, -0.1) is 0 Å². The number of carbonyl (C=O) groups is 1. The van der Waals surface area contributed by atoms with Crippen molar-refractivity contribution in [3.63, 3.8) is 0 Å². The number of carbonyl (C=O) groups excluding carboxylic acids is 1. The Morgan fingerprint density at radius 2 is 1.69 bits per heavy atom. The molecule has 2 aromatic rings. The van der Waals surface area contributed by atoms with Crippen LogP contribution in [0.3, 0.4) is 0 Å². The third-order valence-electron chi connectivity index (χ3n) is 7.40. The van der Waals surface area contributed by atoms with E-state index in [0.29, 0.717) is 11.0 Å². The number of benzene rings is 2. The Hall–Kier alpha value is -2.30. The fourth-order valence-electron chi connectivity index (χ4n) is 5.04. The molecule has 2 N–H and O–H groups in total. The molecule has 1 amide bonds. The first-order valence-electron chi connectivity index (χ1n) is 11.7. The first-order chi connectivity index (χ1) is 15.4. The van der Waals surface area contributed by atoms with Crippen molar-refractivity contribution >= 4 is 28.8 Å². The highest BCUT2D eigenvalue weighted by Crippen LogP contribution is 2.45. The standard InChI is InChI=1S/C27H34ClN3O/c1-3-27(2)13-12-25(20-4-8-23(28)9-5-20)22(18-27)19-30-14-16-31(17-15-30)24-10-6-21(7-11-24)26(29)32/h4-11H,3,12-19H2,1-2H3,(H2,29,32). The average molecular weight is 452 g/mol. The van der Waals surface area contributed by atoms with Gasteiger partial charge in [0.15, 0.2) is 0 Å². The Balaban J connectivity index is 1.46. The molecule has 1 atom stereocenters. The van der Waals surface area contributed by atoms with Crippen LogP contribution in [0.15, 0.2) is 54.1 Å². The summed E-state index contributed by atoms with van der Waals surface area (Å²) in [7, 11) is 0. The number of nitrogens with zero attached hydrogens (tertiary/aromatic N) is 2. The molecular weight excluding hydrogens is 418 g/mol. The maximum atomic E-state index is 11.3. The lowest BCUT2D eigenvalue weighted by atomic mass is 9.70. The molecular formula is C27H34ClN3O. The van der Waals surface area contributed by atoms with Crippen molar-refractivity contribution in [3.8, 4) is 0 Å². The zero-order chi connectivity index (χ0) is 22.7. The molecule has 1 unspecified atom stereocenters. The molecule has 0 aromatic heterocycles. The number of amides is 1. The highest BCUT2D eigenvalue weighted by Gasteiger charge is 2.31. The summed E-state index contributed by atoms with van der Waals surface area (Å²) in [5.74, 6) is -0.377. The van der Waals surface area contributed by atoms with Gasteiger partial charge in [0.2, 0.25) is 5.91 Å². The van der Waals surface area contributed by atoms with E-state index in [1.807, 2.05) is 36.4 Å². The van der Waals surface area contributed by atoms with Gasteiger partial charge in [-0.25, -0.2) is 0 Å². The topological polar surface area (TPSA) is 49.6 Å². The lowest BCUT2D eigenvalue weighted by molar-refractivity contribution is 0.100. The Morgan fingerprint density at radius 1 is 1.03 bits per heavy atom. The molecule has 5 heteroatoms. The third kappa shape index (κ3) is 5.19. The Kier molecular flexibility index (Phi) is 6.92. The number of hydrogen-bond acceptors (Lipinski definition) is 3.